The summed E-state index contributed by atoms with van der Waals surface area (Å²) in [5.74, 6) is -0.318. The molecule has 1 rings (SSSR count). The van der Waals surface area contributed by atoms with Crippen molar-refractivity contribution < 1.29 is 9.53 Å². The van der Waals surface area contributed by atoms with Crippen molar-refractivity contribution in [2.75, 3.05) is 18.5 Å². The summed E-state index contributed by atoms with van der Waals surface area (Å²) in [4.78, 5) is 11.1. The maximum atomic E-state index is 11.1. The Morgan fingerprint density at radius 3 is 2.67 bits per heavy atom. The molecule has 0 atom stereocenters. The van der Waals surface area contributed by atoms with Gasteiger partial charge in [0.05, 0.1) is 6.61 Å². The lowest BCUT2D eigenvalue weighted by atomic mass is 10.1. The first-order valence-corrected chi connectivity index (χ1v) is 6.21. The number of benzene rings is 1. The highest BCUT2D eigenvalue weighted by molar-refractivity contribution is 7.80. The largest absolute Gasteiger partial charge is 0.465 e. The molecule has 0 aliphatic carbocycles. The van der Waals surface area contributed by atoms with Crippen LogP contribution in [0, 0.1) is 13.8 Å². The van der Waals surface area contributed by atoms with Gasteiger partial charge in [-0.2, -0.15) is 0 Å². The molecule has 0 radical (unpaired) electrons. The number of esters is 1. The number of hydrogen-bond acceptors (Lipinski definition) is 3. The zero-order valence-electron chi connectivity index (χ0n) is 10.9. The summed E-state index contributed by atoms with van der Waals surface area (Å²) in [6.45, 7) is 6.30. The maximum absolute atomic E-state index is 11.1. The summed E-state index contributed by atoms with van der Waals surface area (Å²) in [6.07, 6.45) is 0. The minimum Gasteiger partial charge on any atom is -0.465 e. The van der Waals surface area contributed by atoms with Crippen molar-refractivity contribution in [2.45, 2.75) is 20.8 Å². The molecule has 0 bridgehead atoms. The van der Waals surface area contributed by atoms with E-state index in [1.807, 2.05) is 25.1 Å². The van der Waals surface area contributed by atoms with Crippen molar-refractivity contribution in [1.29, 1.82) is 0 Å². The van der Waals surface area contributed by atoms with Gasteiger partial charge in [0.15, 0.2) is 5.11 Å². The number of nitrogens with one attached hydrogen (secondary N) is 2. The number of hydrogen-bond donors (Lipinski definition) is 2. The number of ether oxygens (including phenoxy) is 1. The summed E-state index contributed by atoms with van der Waals surface area (Å²) in [5.41, 5.74) is 3.32. The van der Waals surface area contributed by atoms with E-state index in [2.05, 4.69) is 17.6 Å². The molecular formula is C13H18N2O2S. The monoisotopic (exact) mass is 266 g/mol. The van der Waals surface area contributed by atoms with E-state index in [9.17, 15) is 4.79 Å². The van der Waals surface area contributed by atoms with Crippen LogP contribution in [0.2, 0.25) is 0 Å². The molecule has 0 saturated heterocycles. The number of aryl methyl sites for hydroxylation is 2. The van der Waals surface area contributed by atoms with Gasteiger partial charge in [-0.25, -0.2) is 0 Å². The highest BCUT2D eigenvalue weighted by Gasteiger charge is 2.03. The second-order valence-corrected chi connectivity index (χ2v) is 4.32. The molecule has 0 aliphatic heterocycles. The van der Waals surface area contributed by atoms with Crippen LogP contribution in [0.25, 0.3) is 0 Å². The predicted molar refractivity (Wildman–Crippen MR) is 76.8 cm³/mol. The van der Waals surface area contributed by atoms with Gasteiger partial charge in [0.1, 0.15) is 6.54 Å². The lowest BCUT2D eigenvalue weighted by Crippen LogP contribution is -2.33. The standard InChI is InChI=1S/C13H18N2O2S/c1-4-17-12(16)8-14-13(18)15-11-6-5-9(2)10(3)7-11/h5-7H,4,8H2,1-3H3,(H2,14,15,18). The van der Waals surface area contributed by atoms with Gasteiger partial charge >= 0.3 is 5.97 Å². The average Bonchev–Trinajstić information content (AvgIpc) is 2.32. The van der Waals surface area contributed by atoms with Gasteiger partial charge in [-0.1, -0.05) is 6.07 Å². The van der Waals surface area contributed by atoms with Crippen molar-refractivity contribution in [3.05, 3.63) is 29.3 Å². The Hall–Kier alpha value is -1.62. The first-order valence-electron chi connectivity index (χ1n) is 5.80. The molecule has 0 spiro atoms. The Balaban J connectivity index is 2.44. The van der Waals surface area contributed by atoms with E-state index < -0.39 is 0 Å². The van der Waals surface area contributed by atoms with Crippen LogP contribution in [0.1, 0.15) is 18.1 Å². The Morgan fingerprint density at radius 2 is 2.06 bits per heavy atom. The van der Waals surface area contributed by atoms with E-state index in [0.29, 0.717) is 11.7 Å². The Labute approximate surface area is 113 Å². The lowest BCUT2D eigenvalue weighted by molar-refractivity contribution is -0.141. The first-order chi connectivity index (χ1) is 8.52. The number of carbonyl (C=O) groups is 1. The van der Waals surface area contributed by atoms with E-state index in [0.717, 1.165) is 5.69 Å². The van der Waals surface area contributed by atoms with Gasteiger partial charge in [-0.05, 0) is 56.2 Å². The number of carbonyl (C=O) groups excluding carboxylic acids is 1. The van der Waals surface area contributed by atoms with Gasteiger partial charge in [0.25, 0.3) is 0 Å². The number of anilines is 1. The molecule has 2 N–H and O–H groups in total. The molecule has 0 heterocycles. The van der Waals surface area contributed by atoms with Gasteiger partial charge in [0.2, 0.25) is 0 Å². The fraction of sp³-hybridized carbons (Fsp3) is 0.385. The molecule has 0 unspecified atom stereocenters. The third kappa shape index (κ3) is 4.71. The van der Waals surface area contributed by atoms with Crippen LogP contribution >= 0.6 is 12.2 Å². The molecule has 0 aliphatic rings. The number of thiocarbonyl (C=S) groups is 1. The van der Waals surface area contributed by atoms with Gasteiger partial charge in [-0.3, -0.25) is 4.79 Å². The van der Waals surface area contributed by atoms with E-state index in [4.69, 9.17) is 17.0 Å². The highest BCUT2D eigenvalue weighted by atomic mass is 32.1. The molecule has 98 valence electrons. The van der Waals surface area contributed by atoms with Crippen LogP contribution in [0.3, 0.4) is 0 Å². The first kappa shape index (κ1) is 14.4. The topological polar surface area (TPSA) is 50.4 Å². The minimum atomic E-state index is -0.318. The van der Waals surface area contributed by atoms with Crippen molar-refractivity contribution in [2.24, 2.45) is 0 Å². The average molecular weight is 266 g/mol. The summed E-state index contributed by atoms with van der Waals surface area (Å²) in [5, 5.41) is 6.22. The fourth-order valence-corrected chi connectivity index (χ4v) is 1.55. The second-order valence-electron chi connectivity index (χ2n) is 3.91. The smallest absolute Gasteiger partial charge is 0.325 e. The predicted octanol–water partition coefficient (Wildman–Crippen LogP) is 2.15. The Bertz CT molecular complexity index is 447. The van der Waals surface area contributed by atoms with Crippen molar-refractivity contribution >= 4 is 29.0 Å². The van der Waals surface area contributed by atoms with E-state index in [-0.39, 0.29) is 12.5 Å². The Morgan fingerprint density at radius 1 is 1.33 bits per heavy atom. The van der Waals surface area contributed by atoms with Crippen molar-refractivity contribution in [3.63, 3.8) is 0 Å². The van der Waals surface area contributed by atoms with Crippen LogP contribution in [0.4, 0.5) is 5.69 Å². The van der Waals surface area contributed by atoms with Crippen LogP contribution in [0.15, 0.2) is 18.2 Å². The minimum absolute atomic E-state index is 0.0739. The van der Waals surface area contributed by atoms with Crippen molar-refractivity contribution in [1.82, 2.24) is 5.32 Å². The van der Waals surface area contributed by atoms with Crippen LogP contribution in [-0.2, 0) is 9.53 Å². The number of rotatable bonds is 4. The Kier molecular flexibility index (Phi) is 5.58. The van der Waals surface area contributed by atoms with E-state index in [1.54, 1.807) is 6.92 Å². The van der Waals surface area contributed by atoms with Crippen LogP contribution in [0.5, 0.6) is 0 Å². The van der Waals surface area contributed by atoms with Gasteiger partial charge in [0, 0.05) is 5.69 Å². The third-order valence-electron chi connectivity index (χ3n) is 2.46. The highest BCUT2D eigenvalue weighted by Crippen LogP contribution is 2.13. The van der Waals surface area contributed by atoms with E-state index in [1.165, 1.54) is 11.1 Å². The second kappa shape index (κ2) is 6.96. The molecule has 18 heavy (non-hydrogen) atoms. The molecule has 4 nitrogen and oxygen atoms in total. The van der Waals surface area contributed by atoms with Crippen molar-refractivity contribution in [3.8, 4) is 0 Å². The van der Waals surface area contributed by atoms with Crippen LogP contribution < -0.4 is 10.6 Å². The molecule has 1 aromatic carbocycles. The van der Waals surface area contributed by atoms with Gasteiger partial charge in [-0.15, -0.1) is 0 Å². The molecule has 0 aromatic heterocycles. The normalized spacial score (nSPS) is 9.72. The SMILES string of the molecule is CCOC(=O)CNC(=S)Nc1ccc(C)c(C)c1. The fourth-order valence-electron chi connectivity index (χ4n) is 1.36. The summed E-state index contributed by atoms with van der Waals surface area (Å²) in [7, 11) is 0. The van der Waals surface area contributed by atoms with Gasteiger partial charge < -0.3 is 15.4 Å². The van der Waals surface area contributed by atoms with E-state index >= 15 is 0 Å². The molecule has 0 amide bonds. The quantitative estimate of drug-likeness (QED) is 0.646. The van der Waals surface area contributed by atoms with Crippen LogP contribution in [-0.4, -0.2) is 24.2 Å². The molecule has 0 fully saturated rings. The molecular weight excluding hydrogens is 248 g/mol. The third-order valence-corrected chi connectivity index (χ3v) is 2.71. The molecule has 5 heteroatoms. The lowest BCUT2D eigenvalue weighted by Gasteiger charge is -2.11. The molecule has 1 aromatic rings. The molecule has 0 saturated carbocycles. The summed E-state index contributed by atoms with van der Waals surface area (Å²) >= 11 is 5.08. The summed E-state index contributed by atoms with van der Waals surface area (Å²) < 4.78 is 4.79. The maximum Gasteiger partial charge on any atom is 0.325 e. The summed E-state index contributed by atoms with van der Waals surface area (Å²) in [6, 6.07) is 5.97. The zero-order chi connectivity index (χ0) is 13.5. The zero-order valence-corrected chi connectivity index (χ0v) is 11.7.